The molecule has 1 N–H and O–H groups in total. The summed E-state index contributed by atoms with van der Waals surface area (Å²) in [5, 5.41) is 22.3. The van der Waals surface area contributed by atoms with Gasteiger partial charge in [-0.1, -0.05) is 17.7 Å². The molecule has 0 atom stereocenters. The smallest absolute Gasteiger partial charge is 0.271 e. The van der Waals surface area contributed by atoms with Gasteiger partial charge in [0, 0.05) is 24.2 Å². The van der Waals surface area contributed by atoms with Crippen LogP contribution in [0, 0.1) is 27.3 Å². The zero-order valence-corrected chi connectivity index (χ0v) is 11.4. The SMILES string of the molecule is N#Cc1ccc(CNc2ccc([N+](=O)[O-])cc2Cl)c(F)c1. The van der Waals surface area contributed by atoms with Gasteiger partial charge in [-0.3, -0.25) is 10.1 Å². The molecule has 2 aromatic rings. The van der Waals surface area contributed by atoms with Crippen molar-refractivity contribution in [2.24, 2.45) is 0 Å². The molecule has 0 aromatic heterocycles. The lowest BCUT2D eigenvalue weighted by molar-refractivity contribution is -0.384. The van der Waals surface area contributed by atoms with Crippen molar-refractivity contribution in [2.75, 3.05) is 5.32 Å². The number of anilines is 1. The lowest BCUT2D eigenvalue weighted by atomic mass is 10.1. The molecule has 0 amide bonds. The maximum atomic E-state index is 13.7. The van der Waals surface area contributed by atoms with Gasteiger partial charge < -0.3 is 5.32 Å². The van der Waals surface area contributed by atoms with E-state index >= 15 is 0 Å². The summed E-state index contributed by atoms with van der Waals surface area (Å²) in [4.78, 5) is 10.1. The molecule has 5 nitrogen and oxygen atoms in total. The molecule has 21 heavy (non-hydrogen) atoms. The Labute approximate surface area is 124 Å². The average Bonchev–Trinajstić information content (AvgIpc) is 2.46. The summed E-state index contributed by atoms with van der Waals surface area (Å²) < 4.78 is 13.7. The van der Waals surface area contributed by atoms with Crippen LogP contribution >= 0.6 is 11.6 Å². The van der Waals surface area contributed by atoms with Crippen LogP contribution in [0.1, 0.15) is 11.1 Å². The summed E-state index contributed by atoms with van der Waals surface area (Å²) in [5.74, 6) is -0.500. The van der Waals surface area contributed by atoms with E-state index in [9.17, 15) is 14.5 Å². The Balaban J connectivity index is 2.13. The van der Waals surface area contributed by atoms with Crippen molar-refractivity contribution in [1.82, 2.24) is 0 Å². The number of hydrogen-bond donors (Lipinski definition) is 1. The molecule has 0 radical (unpaired) electrons. The predicted octanol–water partition coefficient (Wildman–Crippen LogP) is 3.87. The van der Waals surface area contributed by atoms with Crippen LogP contribution in [-0.2, 0) is 6.54 Å². The zero-order valence-electron chi connectivity index (χ0n) is 10.6. The molecule has 2 rings (SSSR count). The Morgan fingerprint density at radius 1 is 1.33 bits per heavy atom. The lowest BCUT2D eigenvalue weighted by Gasteiger charge is -2.09. The molecular weight excluding hydrogens is 297 g/mol. The van der Waals surface area contributed by atoms with Crippen molar-refractivity contribution in [1.29, 1.82) is 5.26 Å². The summed E-state index contributed by atoms with van der Waals surface area (Å²) in [7, 11) is 0. The summed E-state index contributed by atoms with van der Waals surface area (Å²) in [6.45, 7) is 0.148. The molecule has 0 bridgehead atoms. The predicted molar refractivity (Wildman–Crippen MR) is 76.5 cm³/mol. The van der Waals surface area contributed by atoms with E-state index in [0.29, 0.717) is 11.3 Å². The third-order valence-electron chi connectivity index (χ3n) is 2.81. The molecule has 0 saturated carbocycles. The molecule has 0 aliphatic carbocycles. The quantitative estimate of drug-likeness (QED) is 0.687. The van der Waals surface area contributed by atoms with Gasteiger partial charge in [0.25, 0.3) is 5.69 Å². The molecule has 0 saturated heterocycles. The van der Waals surface area contributed by atoms with Gasteiger partial charge in [-0.2, -0.15) is 5.26 Å². The zero-order chi connectivity index (χ0) is 15.4. The van der Waals surface area contributed by atoms with Crippen molar-refractivity contribution < 1.29 is 9.31 Å². The first kappa shape index (κ1) is 14.8. The minimum atomic E-state index is -0.546. The molecule has 0 spiro atoms. The number of hydrogen-bond acceptors (Lipinski definition) is 4. The fourth-order valence-corrected chi connectivity index (χ4v) is 1.95. The van der Waals surface area contributed by atoms with E-state index < -0.39 is 10.7 Å². The first-order valence-corrected chi connectivity index (χ1v) is 6.25. The maximum Gasteiger partial charge on any atom is 0.271 e. The van der Waals surface area contributed by atoms with Crippen molar-refractivity contribution in [3.8, 4) is 6.07 Å². The number of halogens is 2. The third-order valence-corrected chi connectivity index (χ3v) is 3.13. The Morgan fingerprint density at radius 2 is 2.10 bits per heavy atom. The Hall–Kier alpha value is -2.65. The van der Waals surface area contributed by atoms with E-state index in [4.69, 9.17) is 16.9 Å². The molecule has 0 aliphatic heterocycles. The Kier molecular flexibility index (Phi) is 4.36. The molecule has 0 aliphatic rings. The van der Waals surface area contributed by atoms with E-state index in [1.54, 1.807) is 0 Å². The van der Waals surface area contributed by atoms with Crippen LogP contribution in [0.25, 0.3) is 0 Å². The van der Waals surface area contributed by atoms with Gasteiger partial charge in [0.1, 0.15) is 5.82 Å². The highest BCUT2D eigenvalue weighted by atomic mass is 35.5. The average molecular weight is 306 g/mol. The van der Waals surface area contributed by atoms with E-state index in [-0.39, 0.29) is 22.8 Å². The van der Waals surface area contributed by atoms with Gasteiger partial charge in [-0.05, 0) is 18.2 Å². The van der Waals surface area contributed by atoms with Gasteiger partial charge in [0.2, 0.25) is 0 Å². The third kappa shape index (κ3) is 3.46. The second kappa shape index (κ2) is 6.20. The largest absolute Gasteiger partial charge is 0.380 e. The van der Waals surface area contributed by atoms with Crippen LogP contribution < -0.4 is 5.32 Å². The molecule has 7 heteroatoms. The number of benzene rings is 2. The van der Waals surface area contributed by atoms with Crippen LogP contribution in [0.2, 0.25) is 5.02 Å². The van der Waals surface area contributed by atoms with Gasteiger partial charge in [0.15, 0.2) is 0 Å². The summed E-state index contributed by atoms with van der Waals surface area (Å²) in [6.07, 6.45) is 0. The van der Waals surface area contributed by atoms with Gasteiger partial charge in [-0.15, -0.1) is 0 Å². The second-order valence-electron chi connectivity index (χ2n) is 4.19. The van der Waals surface area contributed by atoms with Gasteiger partial charge >= 0.3 is 0 Å². The van der Waals surface area contributed by atoms with Gasteiger partial charge in [0.05, 0.1) is 27.3 Å². The number of rotatable bonds is 4. The minimum Gasteiger partial charge on any atom is -0.380 e. The molecule has 106 valence electrons. The van der Waals surface area contributed by atoms with Crippen molar-refractivity contribution >= 4 is 23.0 Å². The normalized spacial score (nSPS) is 9.95. The van der Waals surface area contributed by atoms with Gasteiger partial charge in [-0.25, -0.2) is 4.39 Å². The first-order valence-electron chi connectivity index (χ1n) is 5.87. The van der Waals surface area contributed by atoms with Crippen LogP contribution in [0.15, 0.2) is 36.4 Å². The topological polar surface area (TPSA) is 79.0 Å². The van der Waals surface area contributed by atoms with E-state index in [1.807, 2.05) is 6.07 Å². The monoisotopic (exact) mass is 305 g/mol. The fourth-order valence-electron chi connectivity index (χ4n) is 1.71. The molecule has 2 aromatic carbocycles. The molecule has 0 unspecified atom stereocenters. The van der Waals surface area contributed by atoms with Crippen LogP contribution in [0.4, 0.5) is 15.8 Å². The Bertz CT molecular complexity index is 743. The number of nitrogens with zero attached hydrogens (tertiary/aromatic N) is 2. The number of nitrogens with one attached hydrogen (secondary N) is 1. The van der Waals surface area contributed by atoms with E-state index in [0.717, 1.165) is 6.07 Å². The van der Waals surface area contributed by atoms with Crippen molar-refractivity contribution in [3.05, 3.63) is 68.5 Å². The number of nitro benzene ring substituents is 1. The molecule has 0 fully saturated rings. The van der Waals surface area contributed by atoms with Crippen molar-refractivity contribution in [3.63, 3.8) is 0 Å². The summed E-state index contributed by atoms with van der Waals surface area (Å²) in [6, 6.07) is 10.00. The first-order chi connectivity index (χ1) is 10.0. The van der Waals surface area contributed by atoms with E-state index in [1.165, 1.54) is 30.3 Å². The van der Waals surface area contributed by atoms with Crippen LogP contribution in [0.5, 0.6) is 0 Å². The second-order valence-corrected chi connectivity index (χ2v) is 4.60. The van der Waals surface area contributed by atoms with E-state index in [2.05, 4.69) is 5.32 Å². The standard InChI is InChI=1S/C14H9ClFN3O2/c15-12-6-11(19(20)21)3-4-14(12)18-8-10-2-1-9(7-17)5-13(10)16/h1-6,18H,8H2. The summed E-state index contributed by atoms with van der Waals surface area (Å²) in [5.41, 5.74) is 0.953. The molecule has 0 heterocycles. The summed E-state index contributed by atoms with van der Waals surface area (Å²) >= 11 is 5.92. The highest BCUT2D eigenvalue weighted by molar-refractivity contribution is 6.33. The van der Waals surface area contributed by atoms with Crippen molar-refractivity contribution in [2.45, 2.75) is 6.54 Å². The number of nitro groups is 1. The maximum absolute atomic E-state index is 13.7. The minimum absolute atomic E-state index is 0.116. The fraction of sp³-hybridized carbons (Fsp3) is 0.0714. The van der Waals surface area contributed by atoms with Crippen LogP contribution in [0.3, 0.4) is 0 Å². The molecular formula is C14H9ClFN3O2. The number of non-ortho nitro benzene ring substituents is 1. The van der Waals surface area contributed by atoms with Crippen LogP contribution in [-0.4, -0.2) is 4.92 Å². The lowest BCUT2D eigenvalue weighted by Crippen LogP contribution is -2.03. The highest BCUT2D eigenvalue weighted by Gasteiger charge is 2.10. The Morgan fingerprint density at radius 3 is 2.67 bits per heavy atom. The highest BCUT2D eigenvalue weighted by Crippen LogP contribution is 2.27. The number of nitriles is 1.